The SMILES string of the molecule is O=C(O)c1ccc(-c2cscn2)c(Cl)c1. The largest absolute Gasteiger partial charge is 0.478 e. The summed E-state index contributed by atoms with van der Waals surface area (Å²) in [7, 11) is 0. The Balaban J connectivity index is 2.48. The average molecular weight is 240 g/mol. The molecule has 2 rings (SSSR count). The van der Waals surface area contributed by atoms with Gasteiger partial charge < -0.3 is 5.11 Å². The van der Waals surface area contributed by atoms with E-state index in [0.29, 0.717) is 5.02 Å². The van der Waals surface area contributed by atoms with Gasteiger partial charge >= 0.3 is 5.97 Å². The topological polar surface area (TPSA) is 50.2 Å². The summed E-state index contributed by atoms with van der Waals surface area (Å²) in [5.41, 5.74) is 3.40. The van der Waals surface area contributed by atoms with Gasteiger partial charge in [0.1, 0.15) is 0 Å². The number of aromatic nitrogens is 1. The molecule has 0 aliphatic heterocycles. The third-order valence-electron chi connectivity index (χ3n) is 1.92. The van der Waals surface area contributed by atoms with Crippen LogP contribution in [0.15, 0.2) is 29.1 Å². The van der Waals surface area contributed by atoms with E-state index in [1.807, 2.05) is 5.38 Å². The highest BCUT2D eigenvalue weighted by Gasteiger charge is 2.09. The molecule has 1 aromatic carbocycles. The molecular formula is C10H6ClNO2S. The predicted octanol–water partition coefficient (Wildman–Crippen LogP) is 3.16. The van der Waals surface area contributed by atoms with Crippen molar-refractivity contribution in [2.45, 2.75) is 0 Å². The molecule has 0 saturated carbocycles. The first-order valence-corrected chi connectivity index (χ1v) is 5.42. The second-order valence-electron chi connectivity index (χ2n) is 2.87. The van der Waals surface area contributed by atoms with E-state index >= 15 is 0 Å². The molecular weight excluding hydrogens is 234 g/mol. The number of carboxylic acid groups (broad SMARTS) is 1. The van der Waals surface area contributed by atoms with E-state index in [0.717, 1.165) is 11.3 Å². The molecule has 0 aliphatic rings. The maximum absolute atomic E-state index is 10.7. The number of rotatable bonds is 2. The first-order valence-electron chi connectivity index (χ1n) is 4.10. The number of hydrogen-bond acceptors (Lipinski definition) is 3. The van der Waals surface area contributed by atoms with Gasteiger partial charge in [0, 0.05) is 10.9 Å². The molecule has 0 amide bonds. The van der Waals surface area contributed by atoms with E-state index in [4.69, 9.17) is 16.7 Å². The van der Waals surface area contributed by atoms with Crippen molar-refractivity contribution < 1.29 is 9.90 Å². The fourth-order valence-corrected chi connectivity index (χ4v) is 2.03. The van der Waals surface area contributed by atoms with Crippen molar-refractivity contribution in [3.05, 3.63) is 39.7 Å². The van der Waals surface area contributed by atoms with E-state index in [1.165, 1.54) is 23.5 Å². The Morgan fingerprint density at radius 2 is 2.27 bits per heavy atom. The third kappa shape index (κ3) is 2.00. The Morgan fingerprint density at radius 1 is 1.47 bits per heavy atom. The lowest BCUT2D eigenvalue weighted by atomic mass is 10.1. The second kappa shape index (κ2) is 4.00. The van der Waals surface area contributed by atoms with Crippen LogP contribution in [0.1, 0.15) is 10.4 Å². The zero-order valence-electron chi connectivity index (χ0n) is 7.48. The predicted molar refractivity (Wildman–Crippen MR) is 59.5 cm³/mol. The minimum Gasteiger partial charge on any atom is -0.478 e. The van der Waals surface area contributed by atoms with Gasteiger partial charge in [0.25, 0.3) is 0 Å². The molecule has 0 aliphatic carbocycles. The lowest BCUT2D eigenvalue weighted by Gasteiger charge is -2.01. The van der Waals surface area contributed by atoms with Gasteiger partial charge in [-0.15, -0.1) is 11.3 Å². The van der Waals surface area contributed by atoms with Crippen molar-refractivity contribution in [1.82, 2.24) is 4.98 Å². The average Bonchev–Trinajstić information content (AvgIpc) is 2.70. The molecule has 1 N–H and O–H groups in total. The molecule has 1 aromatic heterocycles. The molecule has 0 fully saturated rings. The highest BCUT2D eigenvalue weighted by atomic mass is 35.5. The number of nitrogens with zero attached hydrogens (tertiary/aromatic N) is 1. The zero-order valence-corrected chi connectivity index (χ0v) is 9.05. The van der Waals surface area contributed by atoms with Crippen LogP contribution in [0.5, 0.6) is 0 Å². The first kappa shape index (κ1) is 10.1. The van der Waals surface area contributed by atoms with Crippen LogP contribution in [-0.4, -0.2) is 16.1 Å². The summed E-state index contributed by atoms with van der Waals surface area (Å²) in [5, 5.41) is 11.0. The Bertz CT molecular complexity index is 496. The number of thiazole rings is 1. The molecule has 0 unspecified atom stereocenters. The van der Waals surface area contributed by atoms with Crippen LogP contribution in [0.3, 0.4) is 0 Å². The van der Waals surface area contributed by atoms with Gasteiger partial charge in [-0.1, -0.05) is 17.7 Å². The minimum atomic E-state index is -0.985. The van der Waals surface area contributed by atoms with Crippen molar-refractivity contribution in [2.75, 3.05) is 0 Å². The highest BCUT2D eigenvalue weighted by molar-refractivity contribution is 7.07. The van der Waals surface area contributed by atoms with Crippen molar-refractivity contribution >= 4 is 28.9 Å². The van der Waals surface area contributed by atoms with Crippen molar-refractivity contribution in [3.63, 3.8) is 0 Å². The molecule has 5 heteroatoms. The molecule has 2 aromatic rings. The van der Waals surface area contributed by atoms with E-state index in [-0.39, 0.29) is 5.56 Å². The number of carbonyl (C=O) groups is 1. The number of hydrogen-bond donors (Lipinski definition) is 1. The van der Waals surface area contributed by atoms with Crippen LogP contribution in [0, 0.1) is 0 Å². The van der Waals surface area contributed by atoms with Gasteiger partial charge in [-0.2, -0.15) is 0 Å². The second-order valence-corrected chi connectivity index (χ2v) is 4.00. The number of halogens is 1. The molecule has 1 heterocycles. The molecule has 0 saturated heterocycles. The molecule has 76 valence electrons. The van der Waals surface area contributed by atoms with Crippen LogP contribution in [-0.2, 0) is 0 Å². The third-order valence-corrected chi connectivity index (χ3v) is 2.82. The number of carboxylic acids is 1. The maximum atomic E-state index is 10.7. The van der Waals surface area contributed by atoms with Crippen LogP contribution < -0.4 is 0 Å². The van der Waals surface area contributed by atoms with Gasteiger partial charge in [0.15, 0.2) is 0 Å². The summed E-state index contributed by atoms with van der Waals surface area (Å²) in [5.74, 6) is -0.985. The van der Waals surface area contributed by atoms with Crippen LogP contribution >= 0.6 is 22.9 Å². The Labute approximate surface area is 95.0 Å². The normalized spacial score (nSPS) is 10.2. The lowest BCUT2D eigenvalue weighted by molar-refractivity contribution is 0.0697. The Morgan fingerprint density at radius 3 is 2.80 bits per heavy atom. The van der Waals surface area contributed by atoms with Crippen LogP contribution in [0.25, 0.3) is 11.3 Å². The molecule has 0 radical (unpaired) electrons. The van der Waals surface area contributed by atoms with Crippen molar-refractivity contribution in [1.29, 1.82) is 0 Å². The van der Waals surface area contributed by atoms with Gasteiger partial charge in [0.05, 0.1) is 21.8 Å². The summed E-state index contributed by atoms with van der Waals surface area (Å²) in [6, 6.07) is 4.61. The minimum absolute atomic E-state index is 0.180. The quantitative estimate of drug-likeness (QED) is 0.876. The molecule has 15 heavy (non-hydrogen) atoms. The number of benzene rings is 1. The van der Waals surface area contributed by atoms with Crippen LogP contribution in [0.4, 0.5) is 0 Å². The monoisotopic (exact) mass is 239 g/mol. The van der Waals surface area contributed by atoms with Gasteiger partial charge in [0.2, 0.25) is 0 Å². The van der Waals surface area contributed by atoms with Crippen molar-refractivity contribution in [2.24, 2.45) is 0 Å². The fourth-order valence-electron chi connectivity index (χ4n) is 1.20. The van der Waals surface area contributed by atoms with E-state index in [1.54, 1.807) is 11.6 Å². The van der Waals surface area contributed by atoms with Crippen LogP contribution in [0.2, 0.25) is 5.02 Å². The summed E-state index contributed by atoms with van der Waals surface area (Å²) < 4.78 is 0. The summed E-state index contributed by atoms with van der Waals surface area (Å²) >= 11 is 7.43. The van der Waals surface area contributed by atoms with E-state index < -0.39 is 5.97 Å². The Hall–Kier alpha value is -1.39. The summed E-state index contributed by atoms with van der Waals surface area (Å²) in [4.78, 5) is 14.8. The first-order chi connectivity index (χ1) is 7.18. The molecule has 0 atom stereocenters. The maximum Gasteiger partial charge on any atom is 0.335 e. The summed E-state index contributed by atoms with van der Waals surface area (Å²) in [6.45, 7) is 0. The van der Waals surface area contributed by atoms with Gasteiger partial charge in [-0.25, -0.2) is 9.78 Å². The highest BCUT2D eigenvalue weighted by Crippen LogP contribution is 2.28. The van der Waals surface area contributed by atoms with E-state index in [2.05, 4.69) is 4.98 Å². The number of aromatic carboxylic acids is 1. The smallest absolute Gasteiger partial charge is 0.335 e. The molecule has 0 spiro atoms. The van der Waals surface area contributed by atoms with Gasteiger partial charge in [-0.05, 0) is 12.1 Å². The fraction of sp³-hybridized carbons (Fsp3) is 0. The van der Waals surface area contributed by atoms with Gasteiger partial charge in [-0.3, -0.25) is 0 Å². The molecule has 3 nitrogen and oxygen atoms in total. The zero-order chi connectivity index (χ0) is 10.8. The summed E-state index contributed by atoms with van der Waals surface area (Å²) in [6.07, 6.45) is 0. The van der Waals surface area contributed by atoms with Crippen molar-refractivity contribution in [3.8, 4) is 11.3 Å². The Kier molecular flexibility index (Phi) is 2.70. The lowest BCUT2D eigenvalue weighted by Crippen LogP contribution is -1.95. The molecule has 0 bridgehead atoms. The van der Waals surface area contributed by atoms with E-state index in [9.17, 15) is 4.79 Å². The standard InChI is InChI=1S/C10H6ClNO2S/c11-8-3-6(10(13)14)1-2-7(8)9-4-15-5-12-9/h1-5H,(H,13,14).